The van der Waals surface area contributed by atoms with E-state index < -0.39 is 0 Å². The van der Waals surface area contributed by atoms with E-state index in [1.807, 2.05) is 6.08 Å². The molecule has 0 aromatic rings. The van der Waals surface area contributed by atoms with Crippen LogP contribution in [0.2, 0.25) is 0 Å². The highest BCUT2D eigenvalue weighted by atomic mass is 14.1. The molecule has 0 N–H and O–H groups in total. The molecule has 1 rings (SSSR count). The van der Waals surface area contributed by atoms with Crippen LogP contribution in [0.3, 0.4) is 0 Å². The summed E-state index contributed by atoms with van der Waals surface area (Å²) in [7, 11) is 0. The van der Waals surface area contributed by atoms with E-state index in [9.17, 15) is 0 Å². The molecule has 1 aliphatic carbocycles. The third-order valence-corrected chi connectivity index (χ3v) is 2.40. The SMILES string of the molecule is C=CCCCC1CC=CCC1. The van der Waals surface area contributed by atoms with Crippen molar-refractivity contribution in [3.8, 4) is 0 Å². The van der Waals surface area contributed by atoms with Crippen molar-refractivity contribution in [3.63, 3.8) is 0 Å². The lowest BCUT2D eigenvalue weighted by atomic mass is 9.90. The summed E-state index contributed by atoms with van der Waals surface area (Å²) in [6.07, 6.45) is 14.6. The molecule has 0 spiro atoms. The Hall–Kier alpha value is -0.520. The number of allylic oxidation sites excluding steroid dienone is 3. The van der Waals surface area contributed by atoms with Crippen LogP contribution in [0.5, 0.6) is 0 Å². The fourth-order valence-electron chi connectivity index (χ4n) is 1.67. The maximum Gasteiger partial charge on any atom is -0.0322 e. The van der Waals surface area contributed by atoms with Gasteiger partial charge in [-0.3, -0.25) is 0 Å². The number of hydrogen-bond donors (Lipinski definition) is 0. The Labute approximate surface area is 70.0 Å². The molecule has 0 fully saturated rings. The third-order valence-electron chi connectivity index (χ3n) is 2.40. The average Bonchev–Trinajstić information content (AvgIpc) is 2.07. The molecule has 0 saturated heterocycles. The van der Waals surface area contributed by atoms with E-state index >= 15 is 0 Å². The van der Waals surface area contributed by atoms with Gasteiger partial charge in [-0.15, -0.1) is 6.58 Å². The summed E-state index contributed by atoms with van der Waals surface area (Å²) in [5.41, 5.74) is 0. The summed E-state index contributed by atoms with van der Waals surface area (Å²) in [6.45, 7) is 3.73. The molecule has 1 atom stereocenters. The van der Waals surface area contributed by atoms with Crippen molar-refractivity contribution in [2.75, 3.05) is 0 Å². The molecule has 0 aliphatic heterocycles. The van der Waals surface area contributed by atoms with Crippen LogP contribution in [0.4, 0.5) is 0 Å². The second-order valence-corrected chi connectivity index (χ2v) is 3.37. The van der Waals surface area contributed by atoms with Gasteiger partial charge in [0.2, 0.25) is 0 Å². The average molecular weight is 150 g/mol. The van der Waals surface area contributed by atoms with E-state index in [0.29, 0.717) is 0 Å². The number of rotatable bonds is 4. The van der Waals surface area contributed by atoms with Crippen LogP contribution in [-0.2, 0) is 0 Å². The molecule has 0 amide bonds. The Balaban J connectivity index is 2.06. The van der Waals surface area contributed by atoms with Crippen molar-refractivity contribution in [3.05, 3.63) is 24.8 Å². The highest BCUT2D eigenvalue weighted by Gasteiger charge is 2.07. The lowest BCUT2D eigenvalue weighted by Crippen LogP contribution is -2.01. The zero-order chi connectivity index (χ0) is 7.94. The van der Waals surface area contributed by atoms with E-state index in [-0.39, 0.29) is 0 Å². The summed E-state index contributed by atoms with van der Waals surface area (Å²) in [5.74, 6) is 0.972. The molecule has 11 heavy (non-hydrogen) atoms. The van der Waals surface area contributed by atoms with Crippen LogP contribution >= 0.6 is 0 Å². The van der Waals surface area contributed by atoms with Gasteiger partial charge in [-0.25, -0.2) is 0 Å². The largest absolute Gasteiger partial charge is 0.103 e. The standard InChI is InChI=1S/C11H18/c1-2-3-5-8-11-9-6-4-7-10-11/h2,4,6,11H,1,3,5,7-10H2. The number of unbranched alkanes of at least 4 members (excludes halogenated alkanes) is 1. The summed E-state index contributed by atoms with van der Waals surface area (Å²) in [5, 5.41) is 0. The molecule has 0 saturated carbocycles. The van der Waals surface area contributed by atoms with Crippen LogP contribution in [0.25, 0.3) is 0 Å². The maximum absolute atomic E-state index is 3.73. The Kier molecular flexibility index (Phi) is 4.03. The molecular formula is C11H18. The van der Waals surface area contributed by atoms with E-state index in [0.717, 1.165) is 5.92 Å². The Morgan fingerprint density at radius 2 is 2.36 bits per heavy atom. The predicted molar refractivity (Wildman–Crippen MR) is 50.5 cm³/mol. The van der Waals surface area contributed by atoms with E-state index in [1.54, 1.807) is 0 Å². The Morgan fingerprint density at radius 3 is 3.00 bits per heavy atom. The van der Waals surface area contributed by atoms with E-state index in [1.165, 1.54) is 38.5 Å². The fraction of sp³-hybridized carbons (Fsp3) is 0.636. The fourth-order valence-corrected chi connectivity index (χ4v) is 1.67. The third kappa shape index (κ3) is 3.41. The maximum atomic E-state index is 3.73. The van der Waals surface area contributed by atoms with Gasteiger partial charge in [-0.1, -0.05) is 18.2 Å². The normalized spacial score (nSPS) is 23.5. The van der Waals surface area contributed by atoms with Gasteiger partial charge >= 0.3 is 0 Å². The van der Waals surface area contributed by atoms with Crippen LogP contribution in [0, 0.1) is 5.92 Å². The minimum atomic E-state index is 0.972. The first-order valence-electron chi connectivity index (χ1n) is 4.69. The second-order valence-electron chi connectivity index (χ2n) is 3.37. The van der Waals surface area contributed by atoms with Gasteiger partial charge in [0.25, 0.3) is 0 Å². The topological polar surface area (TPSA) is 0 Å². The highest BCUT2D eigenvalue weighted by Crippen LogP contribution is 2.23. The molecule has 1 aliphatic rings. The first-order valence-corrected chi connectivity index (χ1v) is 4.69. The van der Waals surface area contributed by atoms with E-state index in [4.69, 9.17) is 0 Å². The van der Waals surface area contributed by atoms with Gasteiger partial charge in [0.1, 0.15) is 0 Å². The van der Waals surface area contributed by atoms with Gasteiger partial charge in [0.05, 0.1) is 0 Å². The molecule has 0 nitrogen and oxygen atoms in total. The lowest BCUT2D eigenvalue weighted by molar-refractivity contribution is 0.433. The van der Waals surface area contributed by atoms with Gasteiger partial charge in [0, 0.05) is 0 Å². The van der Waals surface area contributed by atoms with Crippen LogP contribution in [-0.4, -0.2) is 0 Å². The minimum Gasteiger partial charge on any atom is -0.103 e. The Morgan fingerprint density at radius 1 is 1.45 bits per heavy atom. The molecule has 62 valence electrons. The second kappa shape index (κ2) is 5.17. The quantitative estimate of drug-likeness (QED) is 0.423. The molecule has 0 bridgehead atoms. The van der Waals surface area contributed by atoms with Gasteiger partial charge in [-0.2, -0.15) is 0 Å². The monoisotopic (exact) mass is 150 g/mol. The van der Waals surface area contributed by atoms with Crippen molar-refractivity contribution in [1.82, 2.24) is 0 Å². The van der Waals surface area contributed by atoms with Crippen molar-refractivity contribution in [1.29, 1.82) is 0 Å². The van der Waals surface area contributed by atoms with Gasteiger partial charge in [-0.05, 0) is 44.4 Å². The van der Waals surface area contributed by atoms with Gasteiger partial charge in [0.15, 0.2) is 0 Å². The van der Waals surface area contributed by atoms with Gasteiger partial charge < -0.3 is 0 Å². The molecule has 0 radical (unpaired) electrons. The molecule has 0 aromatic heterocycles. The van der Waals surface area contributed by atoms with Crippen molar-refractivity contribution >= 4 is 0 Å². The first-order chi connectivity index (χ1) is 5.43. The molecule has 0 heteroatoms. The zero-order valence-electron chi connectivity index (χ0n) is 7.26. The predicted octanol–water partition coefficient (Wildman–Crippen LogP) is 3.70. The Bertz CT molecular complexity index is 133. The highest BCUT2D eigenvalue weighted by molar-refractivity contribution is 4.89. The van der Waals surface area contributed by atoms with E-state index in [2.05, 4.69) is 18.7 Å². The molecule has 0 aromatic carbocycles. The zero-order valence-corrected chi connectivity index (χ0v) is 7.26. The van der Waals surface area contributed by atoms with Crippen LogP contribution in [0.1, 0.15) is 38.5 Å². The summed E-state index contributed by atoms with van der Waals surface area (Å²) in [4.78, 5) is 0. The first kappa shape index (κ1) is 8.58. The molecule has 0 heterocycles. The summed E-state index contributed by atoms with van der Waals surface area (Å²) < 4.78 is 0. The van der Waals surface area contributed by atoms with Crippen LogP contribution in [0.15, 0.2) is 24.8 Å². The molecular weight excluding hydrogens is 132 g/mol. The minimum absolute atomic E-state index is 0.972. The lowest BCUT2D eigenvalue weighted by Gasteiger charge is -2.16. The van der Waals surface area contributed by atoms with Crippen molar-refractivity contribution in [2.45, 2.75) is 38.5 Å². The van der Waals surface area contributed by atoms with Crippen LogP contribution < -0.4 is 0 Å². The summed E-state index contributed by atoms with van der Waals surface area (Å²) in [6, 6.07) is 0. The van der Waals surface area contributed by atoms with Crippen molar-refractivity contribution in [2.24, 2.45) is 5.92 Å². The summed E-state index contributed by atoms with van der Waals surface area (Å²) >= 11 is 0. The molecule has 1 unspecified atom stereocenters. The van der Waals surface area contributed by atoms with Crippen molar-refractivity contribution < 1.29 is 0 Å². The number of hydrogen-bond acceptors (Lipinski definition) is 0. The smallest absolute Gasteiger partial charge is 0.0322 e.